The maximum atomic E-state index is 14.1. The van der Waals surface area contributed by atoms with E-state index in [1.165, 1.54) is 28.0 Å². The number of fused-ring (bicyclic) bond motifs is 1. The van der Waals surface area contributed by atoms with Gasteiger partial charge in [0.05, 0.1) is 28.5 Å². The minimum absolute atomic E-state index is 0.144. The number of esters is 1. The van der Waals surface area contributed by atoms with E-state index in [-0.39, 0.29) is 17.7 Å². The summed E-state index contributed by atoms with van der Waals surface area (Å²) in [5.74, 6) is -0.383. The van der Waals surface area contributed by atoms with Gasteiger partial charge in [-0.05, 0) is 42.3 Å². The van der Waals surface area contributed by atoms with Crippen molar-refractivity contribution in [2.24, 2.45) is 4.99 Å². The Morgan fingerprint density at radius 2 is 1.60 bits per heavy atom. The summed E-state index contributed by atoms with van der Waals surface area (Å²) in [7, 11) is 0. The van der Waals surface area contributed by atoms with Crippen molar-refractivity contribution in [1.82, 2.24) is 4.57 Å². The van der Waals surface area contributed by atoms with E-state index in [2.05, 4.69) is 0 Å². The summed E-state index contributed by atoms with van der Waals surface area (Å²) in [6.45, 7) is 2.24. The van der Waals surface area contributed by atoms with Crippen LogP contribution in [0, 0.1) is 5.82 Å². The number of para-hydroxylation sites is 1. The Morgan fingerprint density at radius 3 is 2.33 bits per heavy atom. The number of nitrogens with zero attached hydrogens (tertiary/aromatic N) is 2. The average Bonchev–Trinajstić information content (AvgIpc) is 3.35. The lowest BCUT2D eigenvalue weighted by molar-refractivity contribution is -0.138. The first kappa shape index (κ1) is 28.1. The molecule has 1 atom stereocenters. The SMILES string of the molecule is CCOC(=O)C1=C(c2ccccc2)N=c2s/c(=C/c3ccccc3OCc3ccccc3)c(=O)n2[C@H]1c1ccc(F)cc1. The highest BCUT2D eigenvalue weighted by molar-refractivity contribution is 7.07. The van der Waals surface area contributed by atoms with Gasteiger partial charge in [-0.1, -0.05) is 102 Å². The molecule has 0 saturated carbocycles. The van der Waals surface area contributed by atoms with Gasteiger partial charge in [0.1, 0.15) is 18.2 Å². The first-order chi connectivity index (χ1) is 21.0. The Kier molecular flexibility index (Phi) is 8.11. The predicted octanol–water partition coefficient (Wildman–Crippen LogP) is 5.65. The summed E-state index contributed by atoms with van der Waals surface area (Å²) in [6, 6.07) is 31.6. The Hall–Kier alpha value is -5.08. The number of aromatic nitrogens is 1. The van der Waals surface area contributed by atoms with Crippen LogP contribution in [0.2, 0.25) is 0 Å². The lowest BCUT2D eigenvalue weighted by Crippen LogP contribution is -2.40. The van der Waals surface area contributed by atoms with Crippen molar-refractivity contribution in [2.75, 3.05) is 6.61 Å². The number of hydrogen-bond acceptors (Lipinski definition) is 6. The van der Waals surface area contributed by atoms with Gasteiger partial charge in [0.25, 0.3) is 5.56 Å². The normalized spacial score (nSPS) is 14.7. The Balaban J connectivity index is 1.53. The molecule has 0 saturated heterocycles. The second-order valence-electron chi connectivity index (χ2n) is 9.80. The molecule has 6 rings (SSSR count). The molecule has 1 aromatic heterocycles. The van der Waals surface area contributed by atoms with Gasteiger partial charge in [-0.15, -0.1) is 0 Å². The molecular weight excluding hydrogens is 563 g/mol. The molecule has 1 aliphatic heterocycles. The quantitative estimate of drug-likeness (QED) is 0.219. The third-order valence-electron chi connectivity index (χ3n) is 7.00. The van der Waals surface area contributed by atoms with E-state index in [1.54, 1.807) is 25.1 Å². The number of thiazole rings is 1. The van der Waals surface area contributed by atoms with E-state index in [1.807, 2.05) is 84.9 Å². The smallest absolute Gasteiger partial charge is 0.338 e. The molecule has 0 bridgehead atoms. The van der Waals surface area contributed by atoms with Crippen LogP contribution in [0.1, 0.15) is 35.2 Å². The molecule has 0 fully saturated rings. The van der Waals surface area contributed by atoms with E-state index in [9.17, 15) is 14.0 Å². The van der Waals surface area contributed by atoms with Crippen molar-refractivity contribution in [3.8, 4) is 5.75 Å². The molecule has 5 aromatic rings. The first-order valence-electron chi connectivity index (χ1n) is 13.8. The molecule has 0 amide bonds. The highest BCUT2D eigenvalue weighted by Gasteiger charge is 2.35. The summed E-state index contributed by atoms with van der Waals surface area (Å²) in [4.78, 5) is 32.9. The number of hydrogen-bond donors (Lipinski definition) is 0. The molecular formula is C35H27FN2O4S. The molecule has 43 heavy (non-hydrogen) atoms. The van der Waals surface area contributed by atoms with Crippen molar-refractivity contribution in [3.05, 3.63) is 163 Å². The highest BCUT2D eigenvalue weighted by atomic mass is 32.1. The van der Waals surface area contributed by atoms with Crippen LogP contribution in [-0.2, 0) is 16.1 Å². The maximum Gasteiger partial charge on any atom is 0.338 e. The van der Waals surface area contributed by atoms with Crippen LogP contribution < -0.4 is 19.6 Å². The summed E-state index contributed by atoms with van der Waals surface area (Å²) in [5.41, 5.74) is 3.32. The van der Waals surface area contributed by atoms with Crippen molar-refractivity contribution >= 4 is 29.1 Å². The average molecular weight is 591 g/mol. The van der Waals surface area contributed by atoms with Crippen LogP contribution in [0.3, 0.4) is 0 Å². The van der Waals surface area contributed by atoms with Gasteiger partial charge in [0, 0.05) is 11.1 Å². The number of benzene rings is 4. The summed E-state index contributed by atoms with van der Waals surface area (Å²) < 4.78 is 27.5. The Morgan fingerprint density at radius 1 is 0.930 bits per heavy atom. The van der Waals surface area contributed by atoms with E-state index in [0.717, 1.165) is 11.1 Å². The number of ether oxygens (including phenoxy) is 2. The summed E-state index contributed by atoms with van der Waals surface area (Å²) in [6.07, 6.45) is 1.78. The van der Waals surface area contributed by atoms with E-state index in [4.69, 9.17) is 14.5 Å². The fourth-order valence-corrected chi connectivity index (χ4v) is 6.00. The molecule has 6 nitrogen and oxygen atoms in total. The summed E-state index contributed by atoms with van der Waals surface area (Å²) in [5, 5.41) is 0. The zero-order valence-electron chi connectivity index (χ0n) is 23.3. The van der Waals surface area contributed by atoms with Gasteiger partial charge in [0.2, 0.25) is 0 Å². The predicted molar refractivity (Wildman–Crippen MR) is 165 cm³/mol. The van der Waals surface area contributed by atoms with E-state index < -0.39 is 17.8 Å². The Bertz CT molecular complexity index is 1980. The standard InChI is InChI=1S/C35H27FN2O4S/c1-2-41-34(40)30-31(24-13-7-4-8-14-24)37-35-38(32(30)25-17-19-27(36)20-18-25)33(39)29(43-35)21-26-15-9-10-16-28(26)42-22-23-11-5-3-6-12-23/h3-21,32H,2,22H2,1H3/b29-21+/t32-/m0/s1. The molecule has 0 radical (unpaired) electrons. The lowest BCUT2D eigenvalue weighted by atomic mass is 9.93. The van der Waals surface area contributed by atoms with Crippen LogP contribution in [0.5, 0.6) is 5.75 Å². The molecule has 2 heterocycles. The zero-order valence-corrected chi connectivity index (χ0v) is 24.1. The minimum atomic E-state index is -0.877. The van der Waals surface area contributed by atoms with Crippen LogP contribution in [0.15, 0.2) is 125 Å². The molecule has 214 valence electrons. The minimum Gasteiger partial charge on any atom is -0.488 e. The number of carbonyl (C=O) groups excluding carboxylic acids is 1. The van der Waals surface area contributed by atoms with E-state index >= 15 is 0 Å². The number of halogens is 1. The molecule has 0 aliphatic carbocycles. The van der Waals surface area contributed by atoms with Gasteiger partial charge in [0.15, 0.2) is 4.80 Å². The van der Waals surface area contributed by atoms with Crippen molar-refractivity contribution < 1.29 is 18.7 Å². The molecule has 4 aromatic carbocycles. The molecule has 1 aliphatic rings. The van der Waals surface area contributed by atoms with Crippen LogP contribution in [0.25, 0.3) is 11.8 Å². The van der Waals surface area contributed by atoms with Gasteiger partial charge < -0.3 is 9.47 Å². The molecule has 0 N–H and O–H groups in total. The monoisotopic (exact) mass is 590 g/mol. The first-order valence-corrected chi connectivity index (χ1v) is 14.6. The lowest BCUT2D eigenvalue weighted by Gasteiger charge is -2.25. The number of carbonyl (C=O) groups is 1. The maximum absolute atomic E-state index is 14.1. The zero-order chi connectivity index (χ0) is 29.8. The topological polar surface area (TPSA) is 69.9 Å². The van der Waals surface area contributed by atoms with Gasteiger partial charge in [-0.25, -0.2) is 14.2 Å². The Labute approximate surface area is 251 Å². The third-order valence-corrected chi connectivity index (χ3v) is 7.99. The van der Waals surface area contributed by atoms with Crippen LogP contribution in [-0.4, -0.2) is 17.1 Å². The van der Waals surface area contributed by atoms with Crippen molar-refractivity contribution in [2.45, 2.75) is 19.6 Å². The molecule has 0 unspecified atom stereocenters. The molecule has 8 heteroatoms. The van der Waals surface area contributed by atoms with Gasteiger partial charge >= 0.3 is 5.97 Å². The fraction of sp³-hybridized carbons (Fsp3) is 0.114. The van der Waals surface area contributed by atoms with E-state index in [0.29, 0.717) is 38.5 Å². The largest absolute Gasteiger partial charge is 0.488 e. The van der Waals surface area contributed by atoms with Crippen LogP contribution in [0.4, 0.5) is 4.39 Å². The molecule has 0 spiro atoms. The third kappa shape index (κ3) is 5.82. The second kappa shape index (κ2) is 12.4. The summed E-state index contributed by atoms with van der Waals surface area (Å²) >= 11 is 1.22. The second-order valence-corrected chi connectivity index (χ2v) is 10.8. The van der Waals surface area contributed by atoms with Crippen LogP contribution >= 0.6 is 11.3 Å². The van der Waals surface area contributed by atoms with Crippen molar-refractivity contribution in [3.63, 3.8) is 0 Å². The highest BCUT2D eigenvalue weighted by Crippen LogP contribution is 2.35. The number of rotatable bonds is 8. The van der Waals surface area contributed by atoms with Gasteiger partial charge in [-0.3, -0.25) is 9.36 Å². The van der Waals surface area contributed by atoms with Crippen molar-refractivity contribution in [1.29, 1.82) is 0 Å². The van der Waals surface area contributed by atoms with Gasteiger partial charge in [-0.2, -0.15) is 0 Å². The fourth-order valence-electron chi connectivity index (χ4n) is 5.01.